The predicted molar refractivity (Wildman–Crippen MR) is 94.1 cm³/mol. The number of fused-ring (bicyclic) bond motifs is 2. The van der Waals surface area contributed by atoms with Gasteiger partial charge in [0.05, 0.1) is 17.6 Å². The topological polar surface area (TPSA) is 55.4 Å². The van der Waals surface area contributed by atoms with Crippen LogP contribution in [0.5, 0.6) is 5.75 Å². The summed E-state index contributed by atoms with van der Waals surface area (Å²) in [6.07, 6.45) is 3.73. The Labute approximate surface area is 142 Å². The first kappa shape index (κ1) is 15.4. The lowest BCUT2D eigenvalue weighted by atomic mass is 9.98. The highest BCUT2D eigenvalue weighted by Gasteiger charge is 2.28. The average Bonchev–Trinajstić information content (AvgIpc) is 2.61. The molecule has 0 spiro atoms. The Morgan fingerprint density at radius 1 is 1.00 bits per heavy atom. The van der Waals surface area contributed by atoms with E-state index in [0.717, 1.165) is 23.3 Å². The Bertz CT molecular complexity index is 902. The molecular weight excluding hydrogens is 322 g/mol. The van der Waals surface area contributed by atoms with Crippen molar-refractivity contribution in [2.45, 2.75) is 25.3 Å². The second-order valence-corrected chi connectivity index (χ2v) is 7.93. The molecule has 1 aliphatic heterocycles. The van der Waals surface area contributed by atoms with E-state index in [1.807, 2.05) is 42.5 Å². The van der Waals surface area contributed by atoms with Crippen LogP contribution in [0.15, 0.2) is 53.4 Å². The molecule has 5 heteroatoms. The van der Waals surface area contributed by atoms with Crippen LogP contribution >= 0.6 is 0 Å². The van der Waals surface area contributed by atoms with Crippen molar-refractivity contribution in [1.29, 1.82) is 0 Å². The Balaban J connectivity index is 1.63. The van der Waals surface area contributed by atoms with Gasteiger partial charge in [-0.15, -0.1) is 0 Å². The molecule has 4 nitrogen and oxygen atoms in total. The number of aryl methyl sites for hydroxylation is 1. The summed E-state index contributed by atoms with van der Waals surface area (Å²) in [5, 5.41) is 0. The van der Waals surface area contributed by atoms with Gasteiger partial charge in [0.25, 0.3) is 0 Å². The third-order valence-corrected chi connectivity index (χ3v) is 6.22. The number of para-hydroxylation sites is 1. The lowest BCUT2D eigenvalue weighted by molar-refractivity contribution is 0.263. The van der Waals surface area contributed by atoms with E-state index in [2.05, 4.69) is 10.8 Å². The maximum absolute atomic E-state index is 12.9. The highest BCUT2D eigenvalue weighted by molar-refractivity contribution is 7.93. The highest BCUT2D eigenvalue weighted by Crippen LogP contribution is 2.34. The third-order valence-electron chi connectivity index (χ3n) is 4.61. The molecule has 1 atom stereocenters. The zero-order valence-electron chi connectivity index (χ0n) is 13.2. The molecule has 0 amide bonds. The largest absolute Gasteiger partial charge is 0.493 e. The van der Waals surface area contributed by atoms with E-state index in [4.69, 9.17) is 4.74 Å². The molecule has 124 valence electrons. The molecule has 4 rings (SSSR count). The van der Waals surface area contributed by atoms with E-state index >= 15 is 0 Å². The summed E-state index contributed by atoms with van der Waals surface area (Å²) < 4.78 is 34.2. The van der Waals surface area contributed by atoms with Crippen LogP contribution in [0.3, 0.4) is 0 Å². The quantitative estimate of drug-likeness (QED) is 0.931. The molecule has 0 fully saturated rings. The van der Waals surface area contributed by atoms with Crippen LogP contribution in [-0.4, -0.2) is 15.0 Å². The molecule has 1 heterocycles. The third kappa shape index (κ3) is 2.85. The average molecular weight is 341 g/mol. The van der Waals surface area contributed by atoms with Crippen molar-refractivity contribution < 1.29 is 13.2 Å². The summed E-state index contributed by atoms with van der Waals surface area (Å²) in [5.74, 6) is 0.763. The van der Waals surface area contributed by atoms with Crippen LogP contribution in [0.25, 0.3) is 6.08 Å². The fourth-order valence-electron chi connectivity index (χ4n) is 3.35. The van der Waals surface area contributed by atoms with Gasteiger partial charge >= 0.3 is 0 Å². The van der Waals surface area contributed by atoms with Gasteiger partial charge in [0.1, 0.15) is 5.75 Å². The molecule has 1 N–H and O–H groups in total. The molecule has 2 aromatic rings. The smallest absolute Gasteiger partial charge is 0.237 e. The molecule has 0 aromatic heterocycles. The number of sulfonamides is 1. The lowest BCUT2D eigenvalue weighted by Gasteiger charge is -2.27. The maximum atomic E-state index is 12.9. The number of rotatable bonds is 3. The minimum absolute atomic E-state index is 0.238. The van der Waals surface area contributed by atoms with Crippen LogP contribution in [-0.2, 0) is 16.4 Å². The monoisotopic (exact) mass is 341 g/mol. The van der Waals surface area contributed by atoms with Gasteiger partial charge in [0.15, 0.2) is 0 Å². The molecule has 1 aliphatic carbocycles. The first-order valence-electron chi connectivity index (χ1n) is 8.16. The minimum atomic E-state index is -3.51. The van der Waals surface area contributed by atoms with Crippen LogP contribution < -0.4 is 9.46 Å². The lowest BCUT2D eigenvalue weighted by Crippen LogP contribution is -2.33. The van der Waals surface area contributed by atoms with E-state index < -0.39 is 10.0 Å². The molecule has 24 heavy (non-hydrogen) atoms. The highest BCUT2D eigenvalue weighted by atomic mass is 32.2. The summed E-state index contributed by atoms with van der Waals surface area (Å²) in [6.45, 7) is 0.520. The van der Waals surface area contributed by atoms with Crippen molar-refractivity contribution in [3.8, 4) is 5.75 Å². The van der Waals surface area contributed by atoms with E-state index in [1.54, 1.807) is 6.08 Å². The number of nitrogens with one attached hydrogen (secondary N) is 1. The van der Waals surface area contributed by atoms with Crippen LogP contribution in [0.1, 0.15) is 35.6 Å². The van der Waals surface area contributed by atoms with Crippen molar-refractivity contribution in [3.05, 3.63) is 70.1 Å². The van der Waals surface area contributed by atoms with E-state index in [9.17, 15) is 8.42 Å². The molecule has 0 saturated carbocycles. The van der Waals surface area contributed by atoms with Gasteiger partial charge in [0, 0.05) is 12.0 Å². The number of hydrogen-bond donors (Lipinski definition) is 1. The van der Waals surface area contributed by atoms with Crippen LogP contribution in [0.4, 0.5) is 0 Å². The molecule has 0 bridgehead atoms. The second kappa shape index (κ2) is 6.07. The second-order valence-electron chi connectivity index (χ2n) is 6.16. The van der Waals surface area contributed by atoms with Gasteiger partial charge in [-0.3, -0.25) is 0 Å². The fourth-order valence-corrected chi connectivity index (χ4v) is 4.77. The number of hydrogen-bond acceptors (Lipinski definition) is 3. The maximum Gasteiger partial charge on any atom is 0.237 e. The number of allylic oxidation sites excluding steroid dienone is 1. The molecule has 2 aromatic carbocycles. The van der Waals surface area contributed by atoms with Gasteiger partial charge in [-0.2, -0.15) is 0 Å². The van der Waals surface area contributed by atoms with Crippen molar-refractivity contribution in [3.63, 3.8) is 0 Å². The summed E-state index contributed by atoms with van der Waals surface area (Å²) in [4.78, 5) is 0.463. The molecule has 0 radical (unpaired) electrons. The first-order chi connectivity index (χ1) is 11.6. The molecular formula is C19H19NO3S. The zero-order valence-corrected chi connectivity index (χ0v) is 14.1. The summed E-state index contributed by atoms with van der Waals surface area (Å²) >= 11 is 0. The normalized spacial score (nSPS) is 19.7. The minimum Gasteiger partial charge on any atom is -0.493 e. The standard InChI is InChI=1S/C19H19NO3S/c21-24(22,16-10-9-14-5-1-2-6-15(14)13-16)20-18-11-12-23-19-8-4-3-7-17(18)19/h1-8,13,18,20H,9-12H2/t18-/m1/s1. The first-order valence-corrected chi connectivity index (χ1v) is 9.64. The van der Waals surface area contributed by atoms with Gasteiger partial charge in [-0.1, -0.05) is 42.5 Å². The van der Waals surface area contributed by atoms with Gasteiger partial charge in [-0.05, 0) is 36.1 Å². The summed E-state index contributed by atoms with van der Waals surface area (Å²) in [6, 6.07) is 15.3. The van der Waals surface area contributed by atoms with Gasteiger partial charge < -0.3 is 4.74 Å². The zero-order chi connectivity index (χ0) is 16.6. The van der Waals surface area contributed by atoms with E-state index in [1.165, 1.54) is 5.56 Å². The Hall–Kier alpha value is -2.11. The SMILES string of the molecule is O=S(=O)(N[C@@H]1CCOc2ccccc21)C1=Cc2ccccc2CC1. The van der Waals surface area contributed by atoms with Crippen molar-refractivity contribution in [2.75, 3.05) is 6.61 Å². The fraction of sp³-hybridized carbons (Fsp3) is 0.263. The molecule has 0 saturated heterocycles. The van der Waals surface area contributed by atoms with Crippen LogP contribution in [0.2, 0.25) is 0 Å². The van der Waals surface area contributed by atoms with Crippen LogP contribution in [0, 0.1) is 0 Å². The Morgan fingerprint density at radius 2 is 1.79 bits per heavy atom. The predicted octanol–water partition coefficient (Wildman–Crippen LogP) is 3.42. The number of ether oxygens (including phenoxy) is 1. The van der Waals surface area contributed by atoms with Crippen molar-refractivity contribution in [1.82, 2.24) is 4.72 Å². The Morgan fingerprint density at radius 3 is 2.71 bits per heavy atom. The molecule has 0 unspecified atom stereocenters. The molecule has 2 aliphatic rings. The Kier molecular flexibility index (Phi) is 3.90. The van der Waals surface area contributed by atoms with E-state index in [0.29, 0.717) is 24.4 Å². The van der Waals surface area contributed by atoms with E-state index in [-0.39, 0.29) is 6.04 Å². The summed E-state index contributed by atoms with van der Waals surface area (Å²) in [7, 11) is -3.51. The van der Waals surface area contributed by atoms with Crippen molar-refractivity contribution >= 4 is 16.1 Å². The van der Waals surface area contributed by atoms with Crippen molar-refractivity contribution in [2.24, 2.45) is 0 Å². The van der Waals surface area contributed by atoms with Gasteiger partial charge in [0.2, 0.25) is 10.0 Å². The summed E-state index contributed by atoms with van der Waals surface area (Å²) in [5.41, 5.74) is 3.11. The number of benzene rings is 2. The van der Waals surface area contributed by atoms with Gasteiger partial charge in [-0.25, -0.2) is 13.1 Å².